The molecule has 3 atom stereocenters. The minimum absolute atomic E-state index is 0. The molecular formula is C18H29ClN2OS. The van der Waals surface area contributed by atoms with Gasteiger partial charge in [-0.25, -0.2) is 0 Å². The molecule has 5 heteroatoms. The lowest BCUT2D eigenvalue weighted by molar-refractivity contribution is -0.131. The standard InChI is InChI=1S/C18H28N2OS.ClH/c1-13(2)17(22-12-15-7-5-4-6-8-15)18(21)20-11-16(10-19)9-14(20)3;/h4-8,13-14,16-17H,9-12,19H2,1-3H3;1H. The SMILES string of the molecule is CC(C)C(SCc1ccccc1)C(=O)N1CC(CN)CC1C.Cl. The van der Waals surface area contributed by atoms with Crippen LogP contribution in [0.2, 0.25) is 0 Å². The highest BCUT2D eigenvalue weighted by Gasteiger charge is 2.36. The summed E-state index contributed by atoms with van der Waals surface area (Å²) in [6, 6.07) is 10.7. The monoisotopic (exact) mass is 356 g/mol. The van der Waals surface area contributed by atoms with Crippen molar-refractivity contribution in [3.63, 3.8) is 0 Å². The molecule has 3 unspecified atom stereocenters. The lowest BCUT2D eigenvalue weighted by Gasteiger charge is -2.29. The quantitative estimate of drug-likeness (QED) is 0.847. The van der Waals surface area contributed by atoms with Gasteiger partial charge in [0.25, 0.3) is 0 Å². The molecule has 0 aromatic heterocycles. The fourth-order valence-corrected chi connectivity index (χ4v) is 4.32. The molecule has 1 aliphatic rings. The van der Waals surface area contributed by atoms with Crippen LogP contribution in [0.3, 0.4) is 0 Å². The third kappa shape index (κ3) is 5.40. The molecule has 0 bridgehead atoms. The zero-order valence-corrected chi connectivity index (χ0v) is 15.9. The highest BCUT2D eigenvalue weighted by Crippen LogP contribution is 2.30. The number of carbonyl (C=O) groups is 1. The van der Waals surface area contributed by atoms with E-state index in [1.807, 2.05) is 6.07 Å². The Kier molecular flexibility index (Phi) is 8.45. The first-order valence-electron chi connectivity index (χ1n) is 8.19. The van der Waals surface area contributed by atoms with E-state index in [4.69, 9.17) is 5.73 Å². The number of halogens is 1. The Hall–Kier alpha value is -0.710. The molecule has 0 saturated carbocycles. The van der Waals surface area contributed by atoms with Crippen LogP contribution < -0.4 is 5.73 Å². The number of thioether (sulfide) groups is 1. The van der Waals surface area contributed by atoms with Gasteiger partial charge in [-0.15, -0.1) is 24.2 Å². The van der Waals surface area contributed by atoms with Gasteiger partial charge in [0, 0.05) is 18.3 Å². The normalized spacial score (nSPS) is 22.0. The average molecular weight is 357 g/mol. The summed E-state index contributed by atoms with van der Waals surface area (Å²) in [5, 5.41) is 0.0270. The van der Waals surface area contributed by atoms with Gasteiger partial charge in [0.2, 0.25) is 5.91 Å². The Bertz CT molecular complexity index is 483. The number of likely N-dealkylation sites (tertiary alicyclic amines) is 1. The second kappa shape index (κ2) is 9.55. The molecule has 1 aromatic rings. The Balaban J connectivity index is 0.00000264. The van der Waals surface area contributed by atoms with Crippen molar-refractivity contribution in [2.24, 2.45) is 17.6 Å². The molecule has 1 saturated heterocycles. The van der Waals surface area contributed by atoms with Crippen LogP contribution in [0.25, 0.3) is 0 Å². The zero-order valence-electron chi connectivity index (χ0n) is 14.3. The van der Waals surface area contributed by atoms with Crippen LogP contribution in [0, 0.1) is 11.8 Å². The van der Waals surface area contributed by atoms with E-state index in [-0.39, 0.29) is 17.7 Å². The van der Waals surface area contributed by atoms with Crippen molar-refractivity contribution in [3.8, 4) is 0 Å². The summed E-state index contributed by atoms with van der Waals surface area (Å²) in [6.45, 7) is 7.93. The minimum Gasteiger partial charge on any atom is -0.339 e. The Morgan fingerprint density at radius 2 is 2.00 bits per heavy atom. The van der Waals surface area contributed by atoms with E-state index >= 15 is 0 Å². The van der Waals surface area contributed by atoms with Gasteiger partial charge in [-0.1, -0.05) is 44.2 Å². The molecule has 130 valence electrons. The molecule has 2 rings (SSSR count). The topological polar surface area (TPSA) is 46.3 Å². The first-order valence-corrected chi connectivity index (χ1v) is 9.23. The van der Waals surface area contributed by atoms with Crippen LogP contribution in [0.1, 0.15) is 32.8 Å². The molecule has 1 heterocycles. The van der Waals surface area contributed by atoms with Crippen molar-refractivity contribution in [3.05, 3.63) is 35.9 Å². The van der Waals surface area contributed by atoms with E-state index < -0.39 is 0 Å². The number of benzene rings is 1. The molecule has 1 aromatic carbocycles. The predicted octanol–water partition coefficient (Wildman–Crippen LogP) is 3.56. The third-order valence-corrected chi connectivity index (χ3v) is 6.00. The lowest BCUT2D eigenvalue weighted by Crippen LogP contribution is -2.42. The van der Waals surface area contributed by atoms with Gasteiger partial charge in [0.15, 0.2) is 0 Å². The largest absolute Gasteiger partial charge is 0.339 e. The van der Waals surface area contributed by atoms with Crippen LogP contribution >= 0.6 is 24.2 Å². The molecular weight excluding hydrogens is 328 g/mol. The van der Waals surface area contributed by atoms with Gasteiger partial charge in [-0.2, -0.15) is 0 Å². The van der Waals surface area contributed by atoms with Crippen LogP contribution in [-0.4, -0.2) is 35.2 Å². The van der Waals surface area contributed by atoms with Gasteiger partial charge in [0.05, 0.1) is 5.25 Å². The van der Waals surface area contributed by atoms with Crippen molar-refractivity contribution in [1.29, 1.82) is 0 Å². The summed E-state index contributed by atoms with van der Waals surface area (Å²) in [5.74, 6) is 1.98. The maximum Gasteiger partial charge on any atom is 0.236 e. The van der Waals surface area contributed by atoms with Gasteiger partial charge in [-0.05, 0) is 37.3 Å². The molecule has 1 amide bonds. The molecule has 23 heavy (non-hydrogen) atoms. The smallest absolute Gasteiger partial charge is 0.236 e. The summed E-state index contributed by atoms with van der Waals surface area (Å²) in [6.07, 6.45) is 1.04. The second-order valence-electron chi connectivity index (χ2n) is 6.64. The highest BCUT2D eigenvalue weighted by atomic mass is 35.5. The van der Waals surface area contributed by atoms with Crippen LogP contribution in [0.5, 0.6) is 0 Å². The van der Waals surface area contributed by atoms with E-state index in [9.17, 15) is 4.79 Å². The molecule has 0 radical (unpaired) electrons. The van der Waals surface area contributed by atoms with E-state index in [0.29, 0.717) is 30.3 Å². The number of nitrogens with two attached hydrogens (primary N) is 1. The summed E-state index contributed by atoms with van der Waals surface area (Å²) in [5.41, 5.74) is 7.06. The van der Waals surface area contributed by atoms with Gasteiger partial charge < -0.3 is 10.6 Å². The Morgan fingerprint density at radius 3 is 2.52 bits per heavy atom. The number of carbonyl (C=O) groups excluding carboxylic acids is 1. The first kappa shape index (κ1) is 20.3. The van der Waals surface area contributed by atoms with Crippen LogP contribution in [-0.2, 0) is 10.5 Å². The predicted molar refractivity (Wildman–Crippen MR) is 102 cm³/mol. The van der Waals surface area contributed by atoms with Gasteiger partial charge >= 0.3 is 0 Å². The number of rotatable bonds is 6. The van der Waals surface area contributed by atoms with Crippen molar-refractivity contribution < 1.29 is 4.79 Å². The van der Waals surface area contributed by atoms with E-state index in [1.54, 1.807) is 11.8 Å². The van der Waals surface area contributed by atoms with Crippen molar-refractivity contribution in [1.82, 2.24) is 4.90 Å². The average Bonchev–Trinajstić information content (AvgIpc) is 2.89. The first-order chi connectivity index (χ1) is 10.5. The van der Waals surface area contributed by atoms with Crippen LogP contribution in [0.15, 0.2) is 30.3 Å². The minimum atomic E-state index is 0. The van der Waals surface area contributed by atoms with E-state index in [0.717, 1.165) is 18.7 Å². The molecule has 1 fully saturated rings. The fraction of sp³-hybridized carbons (Fsp3) is 0.611. The number of amides is 1. The number of hydrogen-bond donors (Lipinski definition) is 1. The lowest BCUT2D eigenvalue weighted by atomic mass is 10.1. The summed E-state index contributed by atoms with van der Waals surface area (Å²) in [7, 11) is 0. The summed E-state index contributed by atoms with van der Waals surface area (Å²) >= 11 is 1.77. The fourth-order valence-electron chi connectivity index (χ4n) is 3.09. The highest BCUT2D eigenvalue weighted by molar-refractivity contribution is 7.99. The molecule has 1 aliphatic heterocycles. The molecule has 0 spiro atoms. The summed E-state index contributed by atoms with van der Waals surface area (Å²) < 4.78 is 0. The molecule has 3 nitrogen and oxygen atoms in total. The van der Waals surface area contributed by atoms with Crippen molar-refractivity contribution in [2.45, 2.75) is 44.2 Å². The van der Waals surface area contributed by atoms with Crippen LogP contribution in [0.4, 0.5) is 0 Å². The van der Waals surface area contributed by atoms with Crippen molar-refractivity contribution in [2.75, 3.05) is 13.1 Å². The number of nitrogens with zero attached hydrogens (tertiary/aromatic N) is 1. The van der Waals surface area contributed by atoms with Crippen molar-refractivity contribution >= 4 is 30.1 Å². The van der Waals surface area contributed by atoms with Gasteiger partial charge in [0.1, 0.15) is 0 Å². The second-order valence-corrected chi connectivity index (χ2v) is 7.77. The summed E-state index contributed by atoms with van der Waals surface area (Å²) in [4.78, 5) is 15.0. The van der Waals surface area contributed by atoms with E-state index in [1.165, 1.54) is 5.56 Å². The maximum absolute atomic E-state index is 12.9. The van der Waals surface area contributed by atoms with E-state index in [2.05, 4.69) is 49.9 Å². The molecule has 2 N–H and O–H groups in total. The number of hydrogen-bond acceptors (Lipinski definition) is 3. The Morgan fingerprint density at radius 1 is 1.35 bits per heavy atom. The molecule has 0 aliphatic carbocycles. The zero-order chi connectivity index (χ0) is 16.1. The third-order valence-electron chi connectivity index (χ3n) is 4.40. The Labute approximate surface area is 150 Å². The maximum atomic E-state index is 12.9. The van der Waals surface area contributed by atoms with Gasteiger partial charge in [-0.3, -0.25) is 4.79 Å².